The Morgan fingerprint density at radius 2 is 1.96 bits per heavy atom. The first-order chi connectivity index (χ1) is 13.3. The number of thioether (sulfide) groups is 1. The van der Waals surface area contributed by atoms with Crippen LogP contribution in [-0.4, -0.2) is 65.1 Å². The van der Waals surface area contributed by atoms with E-state index in [2.05, 4.69) is 20.8 Å². The van der Waals surface area contributed by atoms with Crippen LogP contribution in [0, 0.1) is 0 Å². The highest BCUT2D eigenvalue weighted by Crippen LogP contribution is 2.20. The van der Waals surface area contributed by atoms with Crippen LogP contribution in [0.25, 0.3) is 5.65 Å². The van der Waals surface area contributed by atoms with Crippen molar-refractivity contribution in [3.8, 4) is 0 Å². The van der Waals surface area contributed by atoms with Gasteiger partial charge in [0.25, 0.3) is 0 Å². The molecule has 152 valence electrons. The number of carbonyl (C=O) groups excluding carboxylic acids is 2. The zero-order chi connectivity index (χ0) is 20.3. The molecule has 2 heterocycles. The van der Waals surface area contributed by atoms with Crippen LogP contribution in [0.4, 0.5) is 4.79 Å². The summed E-state index contributed by atoms with van der Waals surface area (Å²) >= 11 is 1.07. The van der Waals surface area contributed by atoms with Crippen LogP contribution in [0.2, 0.25) is 0 Å². The molecule has 12 heteroatoms. The normalized spacial score (nSPS) is 15.2. The second kappa shape index (κ2) is 8.45. The number of nitrogens with one attached hydrogen (secondary N) is 2. The van der Waals surface area contributed by atoms with E-state index in [1.54, 1.807) is 6.07 Å². The van der Waals surface area contributed by atoms with Gasteiger partial charge in [-0.25, -0.2) is 17.5 Å². The minimum absolute atomic E-state index is 0.0520. The maximum absolute atomic E-state index is 12.3. The number of urea groups is 1. The predicted molar refractivity (Wildman–Crippen MR) is 104 cm³/mol. The minimum atomic E-state index is -3.61. The molecule has 0 spiro atoms. The number of fused-ring (bicyclic) bond motifs is 1. The van der Waals surface area contributed by atoms with E-state index in [9.17, 15) is 18.0 Å². The number of amides is 3. The Morgan fingerprint density at radius 3 is 2.64 bits per heavy atom. The summed E-state index contributed by atoms with van der Waals surface area (Å²) in [5.41, 5.74) is 0.458. The van der Waals surface area contributed by atoms with Crippen molar-refractivity contribution in [3.63, 3.8) is 0 Å². The van der Waals surface area contributed by atoms with Crippen molar-refractivity contribution < 1.29 is 18.0 Å². The molecule has 1 aliphatic rings. The molecule has 0 bridgehead atoms. The van der Waals surface area contributed by atoms with Crippen molar-refractivity contribution in [2.24, 2.45) is 0 Å². The first-order valence-electron chi connectivity index (χ1n) is 8.78. The molecule has 0 atom stereocenters. The molecule has 0 aromatic carbocycles. The van der Waals surface area contributed by atoms with Gasteiger partial charge in [0.2, 0.25) is 15.9 Å². The van der Waals surface area contributed by atoms with Gasteiger partial charge in [-0.3, -0.25) is 14.5 Å². The lowest BCUT2D eigenvalue weighted by molar-refractivity contribution is -0.117. The number of hydrogen-bond acceptors (Lipinski definition) is 7. The number of pyridine rings is 1. The second-order valence-electron chi connectivity index (χ2n) is 6.65. The molecule has 1 aliphatic carbocycles. The van der Waals surface area contributed by atoms with Crippen molar-refractivity contribution in [2.75, 3.05) is 19.8 Å². The number of carbonyl (C=O) groups is 2. The van der Waals surface area contributed by atoms with E-state index in [-0.39, 0.29) is 16.7 Å². The molecule has 0 saturated heterocycles. The van der Waals surface area contributed by atoms with E-state index < -0.39 is 22.0 Å². The average molecular weight is 427 g/mol. The third-order valence-electron chi connectivity index (χ3n) is 4.40. The fourth-order valence-corrected chi connectivity index (χ4v) is 4.51. The fourth-order valence-electron chi connectivity index (χ4n) is 2.90. The highest BCUT2D eigenvalue weighted by molar-refractivity contribution is 7.99. The number of rotatable bonds is 6. The summed E-state index contributed by atoms with van der Waals surface area (Å²) in [6.07, 6.45) is 5.44. The fraction of sp³-hybridized carbons (Fsp3) is 0.500. The van der Waals surface area contributed by atoms with Gasteiger partial charge >= 0.3 is 6.03 Å². The van der Waals surface area contributed by atoms with Crippen LogP contribution < -0.4 is 10.6 Å². The highest BCUT2D eigenvalue weighted by Gasteiger charge is 2.20. The van der Waals surface area contributed by atoms with Crippen LogP contribution in [-0.2, 0) is 14.8 Å². The third-order valence-corrected chi connectivity index (χ3v) is 7.14. The van der Waals surface area contributed by atoms with Gasteiger partial charge in [0.05, 0.1) is 10.6 Å². The summed E-state index contributed by atoms with van der Waals surface area (Å²) in [5, 5.41) is 13.4. The molecule has 3 rings (SSSR count). The summed E-state index contributed by atoms with van der Waals surface area (Å²) in [7, 11) is -0.713. The van der Waals surface area contributed by atoms with Gasteiger partial charge in [0.15, 0.2) is 10.8 Å². The Morgan fingerprint density at radius 1 is 1.25 bits per heavy atom. The van der Waals surface area contributed by atoms with E-state index in [4.69, 9.17) is 0 Å². The van der Waals surface area contributed by atoms with E-state index >= 15 is 0 Å². The van der Waals surface area contributed by atoms with Gasteiger partial charge in [-0.15, -0.1) is 10.2 Å². The number of nitrogens with zero attached hydrogens (tertiary/aromatic N) is 4. The van der Waals surface area contributed by atoms with Crippen molar-refractivity contribution in [1.29, 1.82) is 0 Å². The predicted octanol–water partition coefficient (Wildman–Crippen LogP) is 0.840. The van der Waals surface area contributed by atoms with Gasteiger partial charge in [-0.05, 0) is 25.0 Å². The molecular weight excluding hydrogens is 404 g/mol. The molecule has 1 fully saturated rings. The Hall–Kier alpha value is -2.18. The van der Waals surface area contributed by atoms with Crippen molar-refractivity contribution >= 4 is 39.4 Å². The number of imide groups is 1. The van der Waals surface area contributed by atoms with Gasteiger partial charge in [0, 0.05) is 26.3 Å². The molecule has 10 nitrogen and oxygen atoms in total. The molecular formula is C16H22N6O4S2. The first-order valence-corrected chi connectivity index (χ1v) is 11.2. The molecule has 0 unspecified atom stereocenters. The van der Waals surface area contributed by atoms with E-state index in [1.165, 1.54) is 30.8 Å². The van der Waals surface area contributed by atoms with Crippen LogP contribution in [0.3, 0.4) is 0 Å². The number of hydrogen-bond donors (Lipinski definition) is 2. The summed E-state index contributed by atoms with van der Waals surface area (Å²) in [5.74, 6) is -0.516. The topological polar surface area (TPSA) is 126 Å². The molecule has 28 heavy (non-hydrogen) atoms. The summed E-state index contributed by atoms with van der Waals surface area (Å²) < 4.78 is 27.2. The van der Waals surface area contributed by atoms with E-state index in [1.807, 2.05) is 0 Å². The third kappa shape index (κ3) is 4.62. The smallest absolute Gasteiger partial charge is 0.321 e. The molecule has 0 radical (unpaired) electrons. The van der Waals surface area contributed by atoms with E-state index in [0.717, 1.165) is 41.8 Å². The minimum Gasteiger partial charge on any atom is -0.335 e. The first kappa shape index (κ1) is 20.6. The average Bonchev–Trinajstić information content (AvgIpc) is 3.28. The summed E-state index contributed by atoms with van der Waals surface area (Å²) in [6, 6.07) is 2.62. The van der Waals surface area contributed by atoms with Crippen LogP contribution in [0.1, 0.15) is 25.7 Å². The molecule has 2 N–H and O–H groups in total. The molecule has 2 aromatic rings. The lowest BCUT2D eigenvalue weighted by atomic mass is 10.2. The van der Waals surface area contributed by atoms with Crippen LogP contribution in [0.15, 0.2) is 28.4 Å². The Labute approximate surface area is 167 Å². The van der Waals surface area contributed by atoms with Gasteiger partial charge in [-0.1, -0.05) is 24.6 Å². The molecule has 3 amide bonds. The quantitative estimate of drug-likeness (QED) is 0.656. The highest BCUT2D eigenvalue weighted by atomic mass is 32.2. The molecule has 2 aromatic heterocycles. The molecule has 0 aliphatic heterocycles. The zero-order valence-corrected chi connectivity index (χ0v) is 17.2. The Kier molecular flexibility index (Phi) is 6.20. The van der Waals surface area contributed by atoms with E-state index in [0.29, 0.717) is 10.8 Å². The van der Waals surface area contributed by atoms with Crippen molar-refractivity contribution in [1.82, 2.24) is 29.5 Å². The van der Waals surface area contributed by atoms with Crippen LogP contribution in [0.5, 0.6) is 0 Å². The monoisotopic (exact) mass is 426 g/mol. The maximum atomic E-state index is 12.3. The number of aromatic nitrogens is 3. The lowest BCUT2D eigenvalue weighted by Gasteiger charge is -2.12. The molecule has 1 saturated carbocycles. The SMILES string of the molecule is CN(C)S(=O)(=O)c1ccc2nnc(SCC(=O)NC(=O)NC3CCCC3)n2c1. The Balaban J connectivity index is 1.63. The summed E-state index contributed by atoms with van der Waals surface area (Å²) in [4.78, 5) is 24.0. The zero-order valence-electron chi connectivity index (χ0n) is 15.6. The standard InChI is InChI=1S/C16H22N6O4S2/c1-21(2)28(25,26)12-7-8-13-19-20-16(22(13)9-12)27-10-14(23)18-15(24)17-11-5-3-4-6-11/h7-9,11H,3-6,10H2,1-2H3,(H2,17,18,23,24). The van der Waals surface area contributed by atoms with Crippen molar-refractivity contribution in [3.05, 3.63) is 18.3 Å². The lowest BCUT2D eigenvalue weighted by Crippen LogP contribution is -2.44. The van der Waals surface area contributed by atoms with Crippen molar-refractivity contribution in [2.45, 2.75) is 41.8 Å². The number of sulfonamides is 1. The van der Waals surface area contributed by atoms with Crippen LogP contribution >= 0.6 is 11.8 Å². The summed E-state index contributed by atoms with van der Waals surface area (Å²) in [6.45, 7) is 0. The second-order valence-corrected chi connectivity index (χ2v) is 9.75. The van der Waals surface area contributed by atoms with Gasteiger partial charge < -0.3 is 5.32 Å². The Bertz CT molecular complexity index is 982. The maximum Gasteiger partial charge on any atom is 0.321 e. The van der Waals surface area contributed by atoms with Gasteiger partial charge in [0.1, 0.15) is 0 Å². The van der Waals surface area contributed by atoms with Gasteiger partial charge in [-0.2, -0.15) is 0 Å². The largest absolute Gasteiger partial charge is 0.335 e.